The van der Waals surface area contributed by atoms with E-state index in [0.717, 1.165) is 64.2 Å². The molecule has 0 atom stereocenters. The highest BCUT2D eigenvalue weighted by Crippen LogP contribution is 2.52. The first-order valence-electron chi connectivity index (χ1n) is 10.4. The zero-order valence-electron chi connectivity index (χ0n) is 17.7. The summed E-state index contributed by atoms with van der Waals surface area (Å²) < 4.78 is 0. The number of carbonyl (C=O) groups is 2. The first-order valence-corrected chi connectivity index (χ1v) is 10.4. The van der Waals surface area contributed by atoms with Crippen molar-refractivity contribution < 1.29 is 19.4 Å². The fourth-order valence-corrected chi connectivity index (χ4v) is 5.07. The lowest BCUT2D eigenvalue weighted by Gasteiger charge is -2.45. The van der Waals surface area contributed by atoms with Gasteiger partial charge in [0.05, 0.1) is 10.8 Å². The molecular formula is C22H38O4. The maximum Gasteiger partial charge on any atom is 0.362 e. The van der Waals surface area contributed by atoms with Gasteiger partial charge in [0.2, 0.25) is 0 Å². The summed E-state index contributed by atoms with van der Waals surface area (Å²) in [6, 6.07) is 0. The zero-order valence-corrected chi connectivity index (χ0v) is 17.7. The third kappa shape index (κ3) is 3.80. The lowest BCUT2D eigenvalue weighted by Crippen LogP contribution is -2.48. The molecule has 0 radical (unpaired) electrons. The first kappa shape index (κ1) is 21.2. The van der Waals surface area contributed by atoms with Crippen molar-refractivity contribution in [1.29, 1.82) is 0 Å². The van der Waals surface area contributed by atoms with Gasteiger partial charge < -0.3 is 0 Å². The van der Waals surface area contributed by atoms with Crippen molar-refractivity contribution in [3.8, 4) is 0 Å². The van der Waals surface area contributed by atoms with E-state index >= 15 is 0 Å². The van der Waals surface area contributed by atoms with E-state index in [4.69, 9.17) is 9.78 Å². The van der Waals surface area contributed by atoms with Gasteiger partial charge in [-0.3, -0.25) is 0 Å². The van der Waals surface area contributed by atoms with Crippen LogP contribution in [-0.2, 0) is 19.4 Å². The van der Waals surface area contributed by atoms with Gasteiger partial charge in [0, 0.05) is 0 Å². The molecule has 0 amide bonds. The molecule has 0 saturated heterocycles. The summed E-state index contributed by atoms with van der Waals surface area (Å²) in [5.74, 6) is -0.726. The van der Waals surface area contributed by atoms with Gasteiger partial charge in [-0.1, -0.05) is 80.1 Å². The van der Waals surface area contributed by atoms with Crippen molar-refractivity contribution in [2.75, 3.05) is 0 Å². The molecule has 0 aromatic heterocycles. The molecule has 0 N–H and O–H groups in total. The highest BCUT2D eigenvalue weighted by Gasteiger charge is 2.53. The molecule has 4 heteroatoms. The lowest BCUT2D eigenvalue weighted by molar-refractivity contribution is -0.283. The Labute approximate surface area is 159 Å². The summed E-state index contributed by atoms with van der Waals surface area (Å²) in [7, 11) is 0. The molecular weight excluding hydrogens is 328 g/mol. The smallest absolute Gasteiger partial charge is 0.247 e. The molecule has 0 unspecified atom stereocenters. The third-order valence-corrected chi connectivity index (χ3v) is 7.26. The Morgan fingerprint density at radius 3 is 1.08 bits per heavy atom. The van der Waals surface area contributed by atoms with Crippen molar-refractivity contribution in [2.45, 2.75) is 106 Å². The molecule has 2 fully saturated rings. The summed E-state index contributed by atoms with van der Waals surface area (Å²) in [6.07, 6.45) is 9.59. The van der Waals surface area contributed by atoms with Gasteiger partial charge in [-0.05, 0) is 36.5 Å². The van der Waals surface area contributed by atoms with Gasteiger partial charge in [-0.15, -0.1) is 0 Å². The molecule has 0 spiro atoms. The second-order valence-corrected chi connectivity index (χ2v) is 10.5. The largest absolute Gasteiger partial charge is 0.362 e. The summed E-state index contributed by atoms with van der Waals surface area (Å²) in [5.41, 5.74) is -1.56. The second-order valence-electron chi connectivity index (χ2n) is 10.5. The standard InChI is InChI=1S/C22H38O4/c1-19(2,3)21(13-9-7-10-14-21)17(23)25-26-18(24)22(20(4,5)6)15-11-8-12-16-22/h7-16H2,1-6H3. The normalized spacial score (nSPS) is 23.2. The molecule has 2 saturated carbocycles. The summed E-state index contributed by atoms with van der Waals surface area (Å²) in [6.45, 7) is 12.5. The quantitative estimate of drug-likeness (QED) is 0.445. The minimum atomic E-state index is -0.563. The van der Waals surface area contributed by atoms with Crippen LogP contribution in [0.25, 0.3) is 0 Å². The number of carbonyl (C=O) groups excluding carboxylic acids is 2. The molecule has 0 aromatic rings. The van der Waals surface area contributed by atoms with Gasteiger partial charge in [0.25, 0.3) is 0 Å². The molecule has 26 heavy (non-hydrogen) atoms. The van der Waals surface area contributed by atoms with E-state index in [2.05, 4.69) is 41.5 Å². The molecule has 0 aliphatic heterocycles. The number of hydrogen-bond donors (Lipinski definition) is 0. The summed E-state index contributed by atoms with van der Waals surface area (Å²) in [5, 5.41) is 0. The predicted octanol–water partition coefficient (Wildman–Crippen LogP) is 5.98. The van der Waals surface area contributed by atoms with Gasteiger partial charge in [-0.25, -0.2) is 19.4 Å². The Bertz CT molecular complexity index is 461. The second kappa shape index (κ2) is 7.52. The van der Waals surface area contributed by atoms with E-state index in [1.165, 1.54) is 0 Å². The van der Waals surface area contributed by atoms with E-state index in [1.54, 1.807) is 0 Å². The molecule has 2 rings (SSSR count). The van der Waals surface area contributed by atoms with E-state index in [1.807, 2.05) is 0 Å². The highest BCUT2D eigenvalue weighted by molar-refractivity contribution is 5.81. The van der Waals surface area contributed by atoms with E-state index in [9.17, 15) is 9.59 Å². The first-order chi connectivity index (χ1) is 12.0. The Kier molecular flexibility index (Phi) is 6.14. The van der Waals surface area contributed by atoms with Gasteiger partial charge >= 0.3 is 11.9 Å². The number of rotatable bonds is 2. The van der Waals surface area contributed by atoms with Gasteiger partial charge in [0.1, 0.15) is 0 Å². The molecule has 2 aliphatic carbocycles. The Morgan fingerprint density at radius 2 is 0.846 bits per heavy atom. The molecule has 4 nitrogen and oxygen atoms in total. The van der Waals surface area contributed by atoms with Gasteiger partial charge in [0.15, 0.2) is 0 Å². The molecule has 150 valence electrons. The van der Waals surface area contributed by atoms with E-state index in [-0.39, 0.29) is 22.8 Å². The monoisotopic (exact) mass is 366 g/mol. The molecule has 0 bridgehead atoms. The van der Waals surface area contributed by atoms with E-state index < -0.39 is 10.8 Å². The van der Waals surface area contributed by atoms with Crippen molar-refractivity contribution >= 4 is 11.9 Å². The van der Waals surface area contributed by atoms with Crippen molar-refractivity contribution in [3.05, 3.63) is 0 Å². The van der Waals surface area contributed by atoms with Crippen LogP contribution in [-0.4, -0.2) is 11.9 Å². The van der Waals surface area contributed by atoms with Crippen LogP contribution < -0.4 is 0 Å². The minimum absolute atomic E-state index is 0.219. The fraction of sp³-hybridized carbons (Fsp3) is 0.909. The molecule has 2 aliphatic rings. The van der Waals surface area contributed by atoms with Crippen molar-refractivity contribution in [3.63, 3.8) is 0 Å². The average Bonchev–Trinajstić information content (AvgIpc) is 2.58. The maximum atomic E-state index is 13.0. The molecule has 0 aromatic carbocycles. The minimum Gasteiger partial charge on any atom is -0.247 e. The molecule has 0 heterocycles. The SMILES string of the molecule is CC(C)(C)C1(C(=O)OOC(=O)C2(C(C)(C)C)CCCCC2)CCCCC1. The highest BCUT2D eigenvalue weighted by atomic mass is 17.2. The summed E-state index contributed by atoms with van der Waals surface area (Å²) in [4.78, 5) is 36.5. The van der Waals surface area contributed by atoms with Crippen LogP contribution in [0.5, 0.6) is 0 Å². The fourth-order valence-electron chi connectivity index (χ4n) is 5.07. The van der Waals surface area contributed by atoms with Crippen molar-refractivity contribution in [1.82, 2.24) is 0 Å². The maximum absolute atomic E-state index is 13.0. The van der Waals surface area contributed by atoms with Crippen LogP contribution in [0, 0.1) is 21.7 Å². The topological polar surface area (TPSA) is 52.6 Å². The predicted molar refractivity (Wildman–Crippen MR) is 102 cm³/mol. The van der Waals surface area contributed by atoms with Crippen LogP contribution >= 0.6 is 0 Å². The third-order valence-electron chi connectivity index (χ3n) is 7.26. The Hall–Kier alpha value is -1.06. The van der Waals surface area contributed by atoms with Crippen LogP contribution in [0.4, 0.5) is 0 Å². The van der Waals surface area contributed by atoms with Crippen molar-refractivity contribution in [2.24, 2.45) is 21.7 Å². The Balaban J connectivity index is 2.12. The van der Waals surface area contributed by atoms with Crippen LogP contribution in [0.15, 0.2) is 0 Å². The van der Waals surface area contributed by atoms with Crippen LogP contribution in [0.2, 0.25) is 0 Å². The average molecular weight is 367 g/mol. The van der Waals surface area contributed by atoms with E-state index in [0.29, 0.717) is 0 Å². The zero-order chi connectivity index (χ0) is 19.6. The Morgan fingerprint density at radius 1 is 0.577 bits per heavy atom. The summed E-state index contributed by atoms with van der Waals surface area (Å²) >= 11 is 0. The van der Waals surface area contributed by atoms with Crippen LogP contribution in [0.3, 0.4) is 0 Å². The lowest BCUT2D eigenvalue weighted by atomic mass is 9.59. The number of hydrogen-bond acceptors (Lipinski definition) is 4. The van der Waals surface area contributed by atoms with Crippen LogP contribution in [0.1, 0.15) is 106 Å². The van der Waals surface area contributed by atoms with Gasteiger partial charge in [-0.2, -0.15) is 0 Å².